The van der Waals surface area contributed by atoms with E-state index in [0.717, 1.165) is 11.3 Å². The van der Waals surface area contributed by atoms with Crippen LogP contribution < -0.4 is 0 Å². The Morgan fingerprint density at radius 2 is 1.69 bits per heavy atom. The van der Waals surface area contributed by atoms with E-state index in [9.17, 15) is 9.59 Å². The number of hydrogen-bond donors (Lipinski definition) is 0. The summed E-state index contributed by atoms with van der Waals surface area (Å²) in [7, 11) is 0. The maximum absolute atomic E-state index is 13.7. The van der Waals surface area contributed by atoms with Gasteiger partial charge < -0.3 is 19.1 Å². The average molecular weight is 593 g/mol. The van der Waals surface area contributed by atoms with Crippen LogP contribution in [-0.4, -0.2) is 59.0 Å². The fourth-order valence-electron chi connectivity index (χ4n) is 4.33. The first-order valence-corrected chi connectivity index (χ1v) is 14.3. The molecule has 3 rings (SSSR count). The number of hydrogen-bond acceptors (Lipinski definition) is 3. The van der Waals surface area contributed by atoms with Gasteiger partial charge in [0.1, 0.15) is 6.54 Å². The van der Waals surface area contributed by atoms with Gasteiger partial charge in [0.05, 0.1) is 6.54 Å². The molecule has 0 radical (unpaired) electrons. The summed E-state index contributed by atoms with van der Waals surface area (Å²) in [5, 5.41) is 1.44. The fourth-order valence-corrected chi connectivity index (χ4v) is 5.05. The first-order chi connectivity index (χ1) is 18.7. The van der Waals surface area contributed by atoms with Gasteiger partial charge in [-0.05, 0) is 61.2 Å². The van der Waals surface area contributed by atoms with Gasteiger partial charge in [0.25, 0.3) is 5.91 Å². The monoisotopic (exact) mass is 591 g/mol. The Bertz CT molecular complexity index is 1220. The maximum atomic E-state index is 13.7. The molecule has 0 bridgehead atoms. The molecule has 39 heavy (non-hydrogen) atoms. The number of carbonyl (C=O) groups is 2. The molecule has 2 amide bonds. The number of carbonyl (C=O) groups excluding carboxylic acids is 2. The van der Waals surface area contributed by atoms with Gasteiger partial charge in [0, 0.05) is 65.4 Å². The van der Waals surface area contributed by atoms with E-state index in [4.69, 9.17) is 39.5 Å². The SMILES string of the molecule is CCOCCCN(CC(=O)N(Cc1cccn1Cc1ccccc1Cl)CC(C)C)C(=O)c1cc(Cl)cc(Cl)c1. The van der Waals surface area contributed by atoms with Crippen LogP contribution in [0.15, 0.2) is 60.8 Å². The van der Waals surface area contributed by atoms with E-state index >= 15 is 0 Å². The zero-order valence-corrected chi connectivity index (χ0v) is 25.0. The highest BCUT2D eigenvalue weighted by molar-refractivity contribution is 6.35. The number of amides is 2. The van der Waals surface area contributed by atoms with Crippen LogP contribution >= 0.6 is 34.8 Å². The third kappa shape index (κ3) is 9.57. The minimum atomic E-state index is -0.296. The maximum Gasteiger partial charge on any atom is 0.254 e. The van der Waals surface area contributed by atoms with Gasteiger partial charge in [-0.2, -0.15) is 0 Å². The van der Waals surface area contributed by atoms with E-state index < -0.39 is 0 Å². The summed E-state index contributed by atoms with van der Waals surface area (Å²) in [6.07, 6.45) is 2.59. The molecular formula is C30H36Cl3N3O3. The summed E-state index contributed by atoms with van der Waals surface area (Å²) in [4.78, 5) is 30.6. The Balaban J connectivity index is 1.80. The number of benzene rings is 2. The summed E-state index contributed by atoms with van der Waals surface area (Å²) in [6, 6.07) is 16.4. The molecule has 1 aromatic heterocycles. The Morgan fingerprint density at radius 3 is 2.36 bits per heavy atom. The van der Waals surface area contributed by atoms with Crippen LogP contribution in [0.5, 0.6) is 0 Å². The van der Waals surface area contributed by atoms with Crippen LogP contribution in [-0.2, 0) is 22.6 Å². The lowest BCUT2D eigenvalue weighted by molar-refractivity contribution is -0.133. The third-order valence-electron chi connectivity index (χ3n) is 6.16. The molecule has 0 unspecified atom stereocenters. The quantitative estimate of drug-likeness (QED) is 0.189. The average Bonchev–Trinajstić information content (AvgIpc) is 3.32. The molecule has 0 atom stereocenters. The summed E-state index contributed by atoms with van der Waals surface area (Å²) >= 11 is 18.7. The van der Waals surface area contributed by atoms with Crippen molar-refractivity contribution in [3.8, 4) is 0 Å². The zero-order valence-electron chi connectivity index (χ0n) is 22.7. The molecule has 0 spiro atoms. The van der Waals surface area contributed by atoms with Crippen molar-refractivity contribution in [3.63, 3.8) is 0 Å². The summed E-state index contributed by atoms with van der Waals surface area (Å²) < 4.78 is 7.56. The molecule has 0 aliphatic carbocycles. The molecule has 0 N–H and O–H groups in total. The topological polar surface area (TPSA) is 54.8 Å². The van der Waals surface area contributed by atoms with Gasteiger partial charge in [-0.1, -0.05) is 66.8 Å². The normalized spacial score (nSPS) is 11.2. The number of halogens is 3. The molecule has 2 aromatic carbocycles. The molecule has 0 aliphatic rings. The molecule has 1 heterocycles. The predicted octanol–water partition coefficient (Wildman–Crippen LogP) is 7.05. The van der Waals surface area contributed by atoms with Gasteiger partial charge in [-0.15, -0.1) is 0 Å². The smallest absolute Gasteiger partial charge is 0.254 e. The summed E-state index contributed by atoms with van der Waals surface area (Å²) in [5.41, 5.74) is 2.34. The lowest BCUT2D eigenvalue weighted by Crippen LogP contribution is -2.44. The number of rotatable bonds is 14. The fraction of sp³-hybridized carbons (Fsp3) is 0.400. The molecule has 0 saturated carbocycles. The highest BCUT2D eigenvalue weighted by atomic mass is 35.5. The van der Waals surface area contributed by atoms with E-state index in [-0.39, 0.29) is 24.3 Å². The van der Waals surface area contributed by atoms with Crippen molar-refractivity contribution in [2.75, 3.05) is 32.8 Å². The van der Waals surface area contributed by atoms with E-state index in [1.807, 2.05) is 54.4 Å². The standard InChI is InChI=1S/C30H36Cl3N3O3/c1-4-39-14-8-13-35(30(38)24-15-25(31)17-26(32)16-24)21-29(37)36(18-22(2)3)20-27-10-7-12-34(27)19-23-9-5-6-11-28(23)33/h5-7,9-12,15-17,22H,4,8,13-14,18-21H2,1-3H3. The lowest BCUT2D eigenvalue weighted by atomic mass is 10.1. The first kappa shape index (κ1) is 31.0. The number of nitrogens with zero attached hydrogens (tertiary/aromatic N) is 3. The minimum absolute atomic E-state index is 0.0625. The number of ether oxygens (including phenoxy) is 1. The van der Waals surface area contributed by atoms with Crippen molar-refractivity contribution in [2.24, 2.45) is 5.92 Å². The van der Waals surface area contributed by atoms with Crippen LogP contribution in [0.3, 0.4) is 0 Å². The molecule has 6 nitrogen and oxygen atoms in total. The largest absolute Gasteiger partial charge is 0.382 e. The van der Waals surface area contributed by atoms with E-state index in [0.29, 0.717) is 66.4 Å². The van der Waals surface area contributed by atoms with Crippen LogP contribution in [0.25, 0.3) is 0 Å². The van der Waals surface area contributed by atoms with Crippen molar-refractivity contribution in [1.29, 1.82) is 0 Å². The molecule has 0 aliphatic heterocycles. The van der Waals surface area contributed by atoms with Crippen LogP contribution in [0, 0.1) is 5.92 Å². The van der Waals surface area contributed by atoms with Gasteiger partial charge in [0.2, 0.25) is 5.91 Å². The summed E-state index contributed by atoms with van der Waals surface area (Å²) in [5.74, 6) is -0.183. The van der Waals surface area contributed by atoms with Gasteiger partial charge in [-0.25, -0.2) is 0 Å². The zero-order chi connectivity index (χ0) is 28.4. The van der Waals surface area contributed by atoms with Crippen molar-refractivity contribution < 1.29 is 14.3 Å². The van der Waals surface area contributed by atoms with E-state index in [1.54, 1.807) is 23.1 Å². The second-order valence-electron chi connectivity index (χ2n) is 9.82. The van der Waals surface area contributed by atoms with Crippen LogP contribution in [0.2, 0.25) is 15.1 Å². The van der Waals surface area contributed by atoms with Gasteiger partial charge in [-0.3, -0.25) is 9.59 Å². The van der Waals surface area contributed by atoms with Crippen molar-refractivity contribution in [2.45, 2.75) is 40.3 Å². The molecule has 0 saturated heterocycles. The number of aromatic nitrogens is 1. The second kappa shape index (κ2) is 15.3. The molecule has 3 aromatic rings. The third-order valence-corrected chi connectivity index (χ3v) is 6.96. The second-order valence-corrected chi connectivity index (χ2v) is 11.1. The minimum Gasteiger partial charge on any atom is -0.382 e. The van der Waals surface area contributed by atoms with Gasteiger partial charge in [0.15, 0.2) is 0 Å². The van der Waals surface area contributed by atoms with Crippen molar-refractivity contribution >= 4 is 46.6 Å². The van der Waals surface area contributed by atoms with Crippen LogP contribution in [0.1, 0.15) is 48.8 Å². The molecular weight excluding hydrogens is 557 g/mol. The molecule has 210 valence electrons. The Morgan fingerprint density at radius 1 is 0.974 bits per heavy atom. The van der Waals surface area contributed by atoms with E-state index in [1.165, 1.54) is 0 Å². The Hall–Kier alpha value is -2.51. The Kier molecular flexibility index (Phi) is 12.2. The van der Waals surface area contributed by atoms with Crippen LogP contribution in [0.4, 0.5) is 0 Å². The predicted molar refractivity (Wildman–Crippen MR) is 159 cm³/mol. The lowest BCUT2D eigenvalue weighted by Gasteiger charge is -2.29. The molecule has 9 heteroatoms. The van der Waals surface area contributed by atoms with E-state index in [2.05, 4.69) is 18.4 Å². The van der Waals surface area contributed by atoms with Crippen molar-refractivity contribution in [1.82, 2.24) is 14.4 Å². The van der Waals surface area contributed by atoms with Crippen molar-refractivity contribution in [3.05, 3.63) is 92.7 Å². The van der Waals surface area contributed by atoms with Gasteiger partial charge >= 0.3 is 0 Å². The highest BCUT2D eigenvalue weighted by Gasteiger charge is 2.24. The highest BCUT2D eigenvalue weighted by Crippen LogP contribution is 2.21. The molecule has 0 fully saturated rings. The first-order valence-electron chi connectivity index (χ1n) is 13.2. The Labute approximate surface area is 246 Å². The summed E-state index contributed by atoms with van der Waals surface area (Å²) in [6.45, 7) is 9.03.